The average molecular weight is 386 g/mol. The molecule has 9 heteroatoms. The van der Waals surface area contributed by atoms with Crippen LogP contribution in [-0.4, -0.2) is 33.2 Å². The molecule has 8 nitrogen and oxygen atoms in total. The molecule has 0 saturated carbocycles. The van der Waals surface area contributed by atoms with Gasteiger partial charge >= 0.3 is 6.03 Å². The number of aryl methyl sites for hydroxylation is 2. The lowest BCUT2D eigenvalue weighted by atomic mass is 10.0. The Bertz CT molecular complexity index is 964. The summed E-state index contributed by atoms with van der Waals surface area (Å²) in [4.78, 5) is 28.2. The Morgan fingerprint density at radius 1 is 1.33 bits per heavy atom. The highest BCUT2D eigenvalue weighted by atomic mass is 32.1. The summed E-state index contributed by atoms with van der Waals surface area (Å²) in [6.07, 6.45) is 4.87. The quantitative estimate of drug-likeness (QED) is 0.576. The van der Waals surface area contributed by atoms with E-state index in [1.54, 1.807) is 17.9 Å². The lowest BCUT2D eigenvalue weighted by molar-refractivity contribution is -0.121. The molecule has 0 spiro atoms. The predicted octanol–water partition coefficient (Wildman–Crippen LogP) is 2.06. The second-order valence-corrected chi connectivity index (χ2v) is 7.37. The number of aromatic nitrogens is 3. The SMILES string of the molecule is CCc1ccc2nc(NC(=O)NCC(Cc3cnn(C)c3)C(N)=O)sc2c1. The first-order valence-corrected chi connectivity index (χ1v) is 9.47. The van der Waals surface area contributed by atoms with Gasteiger partial charge in [-0.2, -0.15) is 5.10 Å². The van der Waals surface area contributed by atoms with Gasteiger partial charge in [-0.1, -0.05) is 24.3 Å². The van der Waals surface area contributed by atoms with Gasteiger partial charge in [0.1, 0.15) is 0 Å². The van der Waals surface area contributed by atoms with Crippen LogP contribution in [0.3, 0.4) is 0 Å². The molecule has 3 amide bonds. The number of carbonyl (C=O) groups is 2. The Morgan fingerprint density at radius 2 is 2.15 bits per heavy atom. The minimum absolute atomic E-state index is 0.140. The van der Waals surface area contributed by atoms with Crippen molar-refractivity contribution in [2.24, 2.45) is 18.7 Å². The number of carbonyl (C=O) groups excluding carboxylic acids is 2. The number of amides is 3. The maximum absolute atomic E-state index is 12.2. The number of anilines is 1. The zero-order valence-corrected chi connectivity index (χ0v) is 16.0. The van der Waals surface area contributed by atoms with Gasteiger partial charge in [0.25, 0.3) is 0 Å². The summed E-state index contributed by atoms with van der Waals surface area (Å²) < 4.78 is 2.68. The highest BCUT2D eigenvalue weighted by Gasteiger charge is 2.18. The Kier molecular flexibility index (Phi) is 5.70. The maximum atomic E-state index is 12.2. The lowest BCUT2D eigenvalue weighted by Crippen LogP contribution is -2.39. The molecule has 4 N–H and O–H groups in total. The van der Waals surface area contributed by atoms with Gasteiger partial charge in [-0.3, -0.25) is 14.8 Å². The van der Waals surface area contributed by atoms with Crippen molar-refractivity contribution in [1.82, 2.24) is 20.1 Å². The van der Waals surface area contributed by atoms with Crippen molar-refractivity contribution in [3.8, 4) is 0 Å². The van der Waals surface area contributed by atoms with Crippen molar-refractivity contribution < 1.29 is 9.59 Å². The number of nitrogens with one attached hydrogen (secondary N) is 2. The van der Waals surface area contributed by atoms with E-state index < -0.39 is 17.9 Å². The van der Waals surface area contributed by atoms with Crippen LogP contribution in [0.2, 0.25) is 0 Å². The van der Waals surface area contributed by atoms with Crippen LogP contribution in [0.15, 0.2) is 30.6 Å². The number of benzene rings is 1. The molecule has 0 aliphatic heterocycles. The van der Waals surface area contributed by atoms with Crippen molar-refractivity contribution in [1.29, 1.82) is 0 Å². The predicted molar refractivity (Wildman–Crippen MR) is 106 cm³/mol. The number of nitrogens with two attached hydrogens (primary N) is 1. The van der Waals surface area contributed by atoms with Crippen molar-refractivity contribution >= 4 is 38.6 Å². The Hall–Kier alpha value is -2.94. The summed E-state index contributed by atoms with van der Waals surface area (Å²) in [5.41, 5.74) is 8.42. The van der Waals surface area contributed by atoms with Gasteiger partial charge in [0.15, 0.2) is 5.13 Å². The lowest BCUT2D eigenvalue weighted by Gasteiger charge is -2.13. The summed E-state index contributed by atoms with van der Waals surface area (Å²) in [6.45, 7) is 2.23. The molecule has 3 aromatic rings. The van der Waals surface area contributed by atoms with E-state index in [1.807, 2.05) is 18.3 Å². The molecular formula is C18H22N6O2S. The highest BCUT2D eigenvalue weighted by molar-refractivity contribution is 7.22. The molecule has 1 atom stereocenters. The average Bonchev–Trinajstić information content (AvgIpc) is 3.22. The first kappa shape index (κ1) is 18.8. The summed E-state index contributed by atoms with van der Waals surface area (Å²) in [7, 11) is 1.80. The smallest absolute Gasteiger partial charge is 0.321 e. The molecule has 0 aliphatic carbocycles. The van der Waals surface area contributed by atoms with E-state index in [4.69, 9.17) is 5.73 Å². The molecule has 2 aromatic heterocycles. The largest absolute Gasteiger partial charge is 0.369 e. The molecule has 0 bridgehead atoms. The summed E-state index contributed by atoms with van der Waals surface area (Å²) >= 11 is 1.42. The van der Waals surface area contributed by atoms with E-state index in [0.717, 1.165) is 22.2 Å². The second kappa shape index (κ2) is 8.17. The molecule has 27 heavy (non-hydrogen) atoms. The normalized spacial score (nSPS) is 12.1. The zero-order chi connectivity index (χ0) is 19.4. The zero-order valence-electron chi connectivity index (χ0n) is 15.2. The summed E-state index contributed by atoms with van der Waals surface area (Å²) in [5, 5.41) is 10.00. The standard InChI is InChI=1S/C18H22N6O2S/c1-3-11-4-5-14-15(7-11)27-18(22-14)23-17(26)20-9-13(16(19)25)6-12-8-21-24(2)10-12/h4-5,7-8,10,13H,3,6,9H2,1-2H3,(H2,19,25)(H2,20,22,23,26). The van der Waals surface area contributed by atoms with Crippen LogP contribution >= 0.6 is 11.3 Å². The molecule has 142 valence electrons. The molecule has 0 radical (unpaired) electrons. The van der Waals surface area contributed by atoms with Crippen molar-refractivity contribution in [2.45, 2.75) is 19.8 Å². The summed E-state index contributed by atoms with van der Waals surface area (Å²) in [5.74, 6) is -0.978. The molecule has 3 rings (SSSR count). The second-order valence-electron chi connectivity index (χ2n) is 6.34. The third-order valence-corrected chi connectivity index (χ3v) is 5.17. The number of rotatable bonds is 7. The van der Waals surface area contributed by atoms with Crippen LogP contribution in [0, 0.1) is 5.92 Å². The van der Waals surface area contributed by atoms with E-state index in [9.17, 15) is 9.59 Å². The van der Waals surface area contributed by atoms with Gasteiger partial charge in [0.05, 0.1) is 22.3 Å². The Labute approximate surface area is 160 Å². The Balaban J connectivity index is 1.58. The minimum Gasteiger partial charge on any atom is -0.369 e. The van der Waals surface area contributed by atoms with E-state index in [1.165, 1.54) is 16.9 Å². The molecule has 1 unspecified atom stereocenters. The number of thiazole rings is 1. The number of primary amides is 1. The minimum atomic E-state index is -0.512. The van der Waals surface area contributed by atoms with Crippen LogP contribution in [0.4, 0.5) is 9.93 Å². The molecule has 2 heterocycles. The first-order chi connectivity index (χ1) is 12.9. The molecule has 0 fully saturated rings. The van der Waals surface area contributed by atoms with Crippen LogP contribution in [-0.2, 0) is 24.7 Å². The van der Waals surface area contributed by atoms with E-state index in [2.05, 4.69) is 33.7 Å². The number of hydrogen-bond donors (Lipinski definition) is 3. The van der Waals surface area contributed by atoms with Crippen LogP contribution in [0.1, 0.15) is 18.1 Å². The van der Waals surface area contributed by atoms with Crippen LogP contribution in [0.5, 0.6) is 0 Å². The fourth-order valence-corrected chi connectivity index (χ4v) is 3.66. The number of fused-ring (bicyclic) bond motifs is 1. The fourth-order valence-electron chi connectivity index (χ4n) is 2.73. The van der Waals surface area contributed by atoms with Crippen molar-refractivity contribution in [2.75, 3.05) is 11.9 Å². The topological polar surface area (TPSA) is 115 Å². The Morgan fingerprint density at radius 3 is 2.81 bits per heavy atom. The van der Waals surface area contributed by atoms with Crippen molar-refractivity contribution in [3.63, 3.8) is 0 Å². The molecule has 0 aliphatic rings. The third kappa shape index (κ3) is 4.82. The first-order valence-electron chi connectivity index (χ1n) is 8.65. The molecule has 0 saturated heterocycles. The van der Waals surface area contributed by atoms with Gasteiger partial charge in [-0.25, -0.2) is 9.78 Å². The van der Waals surface area contributed by atoms with Crippen LogP contribution < -0.4 is 16.4 Å². The number of nitrogens with zero attached hydrogens (tertiary/aromatic N) is 3. The maximum Gasteiger partial charge on any atom is 0.321 e. The van der Waals surface area contributed by atoms with E-state index in [-0.39, 0.29) is 6.54 Å². The summed E-state index contributed by atoms with van der Waals surface area (Å²) in [6, 6.07) is 5.64. The van der Waals surface area contributed by atoms with E-state index in [0.29, 0.717) is 11.6 Å². The van der Waals surface area contributed by atoms with Crippen LogP contribution in [0.25, 0.3) is 10.2 Å². The van der Waals surface area contributed by atoms with Gasteiger partial charge in [-0.15, -0.1) is 0 Å². The molecule has 1 aromatic carbocycles. The number of urea groups is 1. The van der Waals surface area contributed by atoms with Gasteiger partial charge < -0.3 is 11.1 Å². The van der Waals surface area contributed by atoms with E-state index >= 15 is 0 Å². The van der Waals surface area contributed by atoms with Gasteiger partial charge in [0, 0.05) is 19.8 Å². The van der Waals surface area contributed by atoms with Gasteiger partial charge in [0.2, 0.25) is 5.91 Å². The highest BCUT2D eigenvalue weighted by Crippen LogP contribution is 2.26. The van der Waals surface area contributed by atoms with Crippen molar-refractivity contribution in [3.05, 3.63) is 41.7 Å². The molecular weight excluding hydrogens is 364 g/mol. The van der Waals surface area contributed by atoms with Gasteiger partial charge in [-0.05, 0) is 36.1 Å². The fraction of sp³-hybridized carbons (Fsp3) is 0.333. The third-order valence-electron chi connectivity index (χ3n) is 4.23. The monoisotopic (exact) mass is 386 g/mol. The number of hydrogen-bond acceptors (Lipinski definition) is 5.